The number of aromatic amines is 1. The molecule has 2 heterocycles. The SMILES string of the molecule is CN=C(N[C@H]1CCCN(C(=O)CNc2cccc(Cl)c2)C1)c1cn[nH]c1N. The summed E-state index contributed by atoms with van der Waals surface area (Å²) in [6.45, 7) is 1.60. The van der Waals surface area contributed by atoms with Crippen LogP contribution in [0.5, 0.6) is 0 Å². The van der Waals surface area contributed by atoms with Crippen LogP contribution in [-0.4, -0.2) is 59.6 Å². The van der Waals surface area contributed by atoms with E-state index >= 15 is 0 Å². The van der Waals surface area contributed by atoms with Crippen LogP contribution < -0.4 is 16.4 Å². The monoisotopic (exact) mass is 389 g/mol. The van der Waals surface area contributed by atoms with E-state index in [0.29, 0.717) is 23.2 Å². The zero-order valence-corrected chi connectivity index (χ0v) is 16.0. The molecule has 1 fully saturated rings. The number of nitrogens with zero attached hydrogens (tertiary/aromatic N) is 3. The van der Waals surface area contributed by atoms with Gasteiger partial charge in [-0.25, -0.2) is 0 Å². The Labute approximate surface area is 163 Å². The number of benzene rings is 1. The summed E-state index contributed by atoms with van der Waals surface area (Å²) in [6.07, 6.45) is 3.53. The van der Waals surface area contributed by atoms with Crippen molar-refractivity contribution >= 4 is 34.8 Å². The van der Waals surface area contributed by atoms with Gasteiger partial charge in [-0.15, -0.1) is 0 Å². The van der Waals surface area contributed by atoms with Crippen molar-refractivity contribution in [1.29, 1.82) is 0 Å². The van der Waals surface area contributed by atoms with Crippen LogP contribution in [0.4, 0.5) is 11.5 Å². The first-order valence-corrected chi connectivity index (χ1v) is 9.24. The van der Waals surface area contributed by atoms with Crippen LogP contribution in [0.2, 0.25) is 5.02 Å². The molecule has 3 rings (SSSR count). The minimum absolute atomic E-state index is 0.0549. The molecule has 0 aliphatic carbocycles. The van der Waals surface area contributed by atoms with Gasteiger partial charge in [0.25, 0.3) is 0 Å². The second-order valence-corrected chi connectivity index (χ2v) is 6.89. The molecule has 1 saturated heterocycles. The molecule has 2 aromatic rings. The minimum Gasteiger partial charge on any atom is -0.383 e. The van der Waals surface area contributed by atoms with E-state index in [1.54, 1.807) is 25.4 Å². The first-order valence-electron chi connectivity index (χ1n) is 8.86. The number of nitrogens with one attached hydrogen (secondary N) is 3. The Morgan fingerprint density at radius 3 is 3.07 bits per heavy atom. The van der Waals surface area contributed by atoms with Crippen LogP contribution in [0.3, 0.4) is 0 Å². The lowest BCUT2D eigenvalue weighted by atomic mass is 10.0. The van der Waals surface area contributed by atoms with Gasteiger partial charge in [0, 0.05) is 36.9 Å². The molecule has 1 amide bonds. The number of nitrogen functional groups attached to an aromatic ring is 1. The highest BCUT2D eigenvalue weighted by molar-refractivity contribution is 6.30. The summed E-state index contributed by atoms with van der Waals surface area (Å²) in [6, 6.07) is 7.45. The zero-order valence-electron chi connectivity index (χ0n) is 15.2. The molecule has 1 atom stereocenters. The number of likely N-dealkylation sites (tertiary alicyclic amines) is 1. The standard InChI is InChI=1S/C18H24ClN7O/c1-21-18(15-9-23-25-17(15)20)24-14-6-3-7-26(11-14)16(27)10-22-13-5-2-4-12(19)8-13/h2,4-5,8-9,14,22H,3,6-7,10-11H2,1H3,(H,21,24)(H3,20,23,25)/t14-/m0/s1. The Kier molecular flexibility index (Phi) is 6.18. The van der Waals surface area contributed by atoms with Gasteiger partial charge in [0.05, 0.1) is 18.3 Å². The number of rotatable bonds is 5. The predicted molar refractivity (Wildman–Crippen MR) is 108 cm³/mol. The van der Waals surface area contributed by atoms with Gasteiger partial charge >= 0.3 is 0 Å². The predicted octanol–water partition coefficient (Wildman–Crippen LogP) is 1.71. The average molecular weight is 390 g/mol. The van der Waals surface area contributed by atoms with Crippen molar-refractivity contribution in [2.24, 2.45) is 4.99 Å². The second kappa shape index (κ2) is 8.77. The molecular weight excluding hydrogens is 366 g/mol. The summed E-state index contributed by atoms with van der Waals surface area (Å²) < 4.78 is 0. The number of halogens is 1. The third kappa shape index (κ3) is 4.91. The number of piperidine rings is 1. The summed E-state index contributed by atoms with van der Waals surface area (Å²) in [4.78, 5) is 18.7. The number of carbonyl (C=O) groups excluding carboxylic acids is 1. The van der Waals surface area contributed by atoms with Crippen LogP contribution in [0, 0.1) is 0 Å². The number of H-pyrrole nitrogens is 1. The van der Waals surface area contributed by atoms with Crippen LogP contribution in [-0.2, 0) is 4.79 Å². The Morgan fingerprint density at radius 2 is 2.37 bits per heavy atom. The van der Waals surface area contributed by atoms with E-state index in [1.165, 1.54) is 0 Å². The maximum absolute atomic E-state index is 12.6. The van der Waals surface area contributed by atoms with Gasteiger partial charge in [0.15, 0.2) is 0 Å². The van der Waals surface area contributed by atoms with Gasteiger partial charge in [-0.1, -0.05) is 17.7 Å². The van der Waals surface area contributed by atoms with Crippen LogP contribution in [0.1, 0.15) is 18.4 Å². The lowest BCUT2D eigenvalue weighted by molar-refractivity contribution is -0.130. The molecule has 0 saturated carbocycles. The molecule has 5 N–H and O–H groups in total. The molecule has 0 spiro atoms. The average Bonchev–Trinajstić information content (AvgIpc) is 3.10. The topological polar surface area (TPSA) is 111 Å². The van der Waals surface area contributed by atoms with Gasteiger partial charge in [-0.3, -0.25) is 14.9 Å². The highest BCUT2D eigenvalue weighted by Crippen LogP contribution is 2.16. The summed E-state index contributed by atoms with van der Waals surface area (Å²) in [7, 11) is 1.70. The smallest absolute Gasteiger partial charge is 0.241 e. The lowest BCUT2D eigenvalue weighted by Crippen LogP contribution is -2.51. The van der Waals surface area contributed by atoms with Gasteiger partial charge < -0.3 is 21.3 Å². The van der Waals surface area contributed by atoms with Crippen molar-refractivity contribution in [1.82, 2.24) is 20.4 Å². The Bertz CT molecular complexity index is 820. The largest absolute Gasteiger partial charge is 0.383 e. The molecule has 1 aliphatic rings. The molecule has 8 nitrogen and oxygen atoms in total. The number of aromatic nitrogens is 2. The number of amides is 1. The molecule has 0 radical (unpaired) electrons. The van der Waals surface area contributed by atoms with E-state index in [1.807, 2.05) is 17.0 Å². The summed E-state index contributed by atoms with van der Waals surface area (Å²) in [5.41, 5.74) is 7.45. The fraction of sp³-hybridized carbons (Fsp3) is 0.389. The van der Waals surface area contributed by atoms with Gasteiger partial charge in [-0.2, -0.15) is 5.10 Å². The number of anilines is 2. The molecule has 9 heteroatoms. The molecular formula is C18H24ClN7O. The highest BCUT2D eigenvalue weighted by Gasteiger charge is 2.25. The van der Waals surface area contributed by atoms with E-state index in [0.717, 1.165) is 30.6 Å². The zero-order chi connectivity index (χ0) is 19.2. The summed E-state index contributed by atoms with van der Waals surface area (Å²) in [5, 5.41) is 13.8. The van der Waals surface area contributed by atoms with Crippen molar-refractivity contribution in [2.45, 2.75) is 18.9 Å². The number of nitrogens with two attached hydrogens (primary N) is 1. The van der Waals surface area contributed by atoms with Crippen molar-refractivity contribution in [2.75, 3.05) is 37.7 Å². The first-order chi connectivity index (χ1) is 13.1. The number of hydrogen-bond donors (Lipinski definition) is 4. The molecule has 1 aromatic heterocycles. The third-order valence-corrected chi connectivity index (χ3v) is 4.77. The molecule has 144 valence electrons. The molecule has 1 aliphatic heterocycles. The van der Waals surface area contributed by atoms with Gasteiger partial charge in [-0.05, 0) is 31.0 Å². The maximum atomic E-state index is 12.6. The van der Waals surface area contributed by atoms with E-state index in [4.69, 9.17) is 17.3 Å². The first kappa shape index (κ1) is 19.0. The van der Waals surface area contributed by atoms with Crippen molar-refractivity contribution in [3.8, 4) is 0 Å². The Balaban J connectivity index is 1.55. The fourth-order valence-electron chi connectivity index (χ4n) is 3.15. The van der Waals surface area contributed by atoms with E-state index < -0.39 is 0 Å². The van der Waals surface area contributed by atoms with Crippen molar-refractivity contribution in [3.63, 3.8) is 0 Å². The number of aliphatic imine (C=N–C) groups is 1. The quantitative estimate of drug-likeness (QED) is 0.459. The minimum atomic E-state index is 0.0549. The van der Waals surface area contributed by atoms with Crippen molar-refractivity contribution < 1.29 is 4.79 Å². The summed E-state index contributed by atoms with van der Waals surface area (Å²) in [5.74, 6) is 1.20. The van der Waals surface area contributed by atoms with E-state index in [-0.39, 0.29) is 18.5 Å². The van der Waals surface area contributed by atoms with E-state index in [2.05, 4.69) is 25.8 Å². The molecule has 27 heavy (non-hydrogen) atoms. The van der Waals surface area contributed by atoms with Crippen LogP contribution in [0.15, 0.2) is 35.5 Å². The Morgan fingerprint density at radius 1 is 1.52 bits per heavy atom. The van der Waals surface area contributed by atoms with E-state index in [9.17, 15) is 4.79 Å². The lowest BCUT2D eigenvalue weighted by Gasteiger charge is -2.34. The normalized spacial score (nSPS) is 17.6. The maximum Gasteiger partial charge on any atom is 0.241 e. The number of carbonyl (C=O) groups is 1. The van der Waals surface area contributed by atoms with Crippen LogP contribution >= 0.6 is 11.6 Å². The van der Waals surface area contributed by atoms with Crippen molar-refractivity contribution in [3.05, 3.63) is 41.0 Å². The molecule has 0 bridgehead atoms. The molecule has 1 aromatic carbocycles. The second-order valence-electron chi connectivity index (χ2n) is 6.46. The van der Waals surface area contributed by atoms with Crippen LogP contribution in [0.25, 0.3) is 0 Å². The Hall–Kier alpha value is -2.74. The van der Waals surface area contributed by atoms with Gasteiger partial charge in [0.1, 0.15) is 11.7 Å². The number of amidine groups is 1. The fourth-order valence-corrected chi connectivity index (χ4v) is 3.34. The number of hydrogen-bond acceptors (Lipinski definition) is 5. The highest BCUT2D eigenvalue weighted by atomic mass is 35.5. The third-order valence-electron chi connectivity index (χ3n) is 4.53. The summed E-state index contributed by atoms with van der Waals surface area (Å²) >= 11 is 5.97. The van der Waals surface area contributed by atoms with Gasteiger partial charge in [0.2, 0.25) is 5.91 Å². The molecule has 0 unspecified atom stereocenters.